The summed E-state index contributed by atoms with van der Waals surface area (Å²) in [5, 5.41) is 8.86. The Morgan fingerprint density at radius 2 is 1.90 bits per heavy atom. The van der Waals surface area contributed by atoms with Crippen molar-refractivity contribution in [2.24, 2.45) is 5.73 Å². The molecule has 8 nitrogen and oxygen atoms in total. The quantitative estimate of drug-likeness (QED) is 0.703. The number of piperazine rings is 1. The largest absolute Gasteiger partial charge is 0.480 e. The SMILES string of the molecule is NC(=O)CN(CC(=O)O)C(=O)N1CCN2CCCCC2C1. The van der Waals surface area contributed by atoms with Gasteiger partial charge < -0.3 is 20.6 Å². The van der Waals surface area contributed by atoms with Crippen LogP contribution in [0.15, 0.2) is 0 Å². The smallest absolute Gasteiger partial charge is 0.323 e. The van der Waals surface area contributed by atoms with Crippen LogP contribution in [0.3, 0.4) is 0 Å². The topological polar surface area (TPSA) is 107 Å². The molecular weight excluding hydrogens is 276 g/mol. The van der Waals surface area contributed by atoms with Crippen LogP contribution in [-0.2, 0) is 9.59 Å². The molecule has 0 radical (unpaired) electrons. The first-order valence-electron chi connectivity index (χ1n) is 7.25. The molecule has 2 rings (SSSR count). The molecule has 3 amide bonds. The van der Waals surface area contributed by atoms with Gasteiger partial charge in [-0.05, 0) is 19.4 Å². The molecule has 2 saturated heterocycles. The number of urea groups is 1. The maximum absolute atomic E-state index is 12.4. The predicted molar refractivity (Wildman–Crippen MR) is 74.6 cm³/mol. The van der Waals surface area contributed by atoms with Crippen molar-refractivity contribution in [2.75, 3.05) is 39.3 Å². The average molecular weight is 298 g/mol. The Kier molecular flexibility index (Phi) is 5.00. The standard InChI is InChI=1S/C13H22N4O4/c14-11(18)8-17(9-12(19)20)13(21)16-6-5-15-4-2-1-3-10(15)7-16/h10H,1-9H2,(H2,14,18)(H,19,20). The molecule has 8 heteroatoms. The lowest BCUT2D eigenvalue weighted by molar-refractivity contribution is -0.138. The Hall–Kier alpha value is -1.83. The second-order valence-electron chi connectivity index (χ2n) is 5.63. The van der Waals surface area contributed by atoms with Gasteiger partial charge in [-0.2, -0.15) is 0 Å². The first kappa shape index (κ1) is 15.6. The maximum Gasteiger partial charge on any atom is 0.323 e. The molecule has 0 bridgehead atoms. The van der Waals surface area contributed by atoms with Gasteiger partial charge in [0.2, 0.25) is 5.91 Å². The minimum Gasteiger partial charge on any atom is -0.480 e. The van der Waals surface area contributed by atoms with Gasteiger partial charge in [-0.15, -0.1) is 0 Å². The van der Waals surface area contributed by atoms with Gasteiger partial charge in [-0.25, -0.2) is 4.79 Å². The summed E-state index contributed by atoms with van der Waals surface area (Å²) in [6, 6.07) is -0.0712. The number of hydrogen-bond acceptors (Lipinski definition) is 4. The molecule has 0 aromatic heterocycles. The summed E-state index contributed by atoms with van der Waals surface area (Å²) in [7, 11) is 0. The van der Waals surface area contributed by atoms with E-state index in [9.17, 15) is 14.4 Å². The van der Waals surface area contributed by atoms with E-state index >= 15 is 0 Å². The molecule has 2 aliphatic heterocycles. The Morgan fingerprint density at radius 3 is 2.57 bits per heavy atom. The summed E-state index contributed by atoms with van der Waals surface area (Å²) in [6.45, 7) is 2.14. The number of carboxylic acid groups (broad SMARTS) is 1. The minimum absolute atomic E-state index is 0.344. The van der Waals surface area contributed by atoms with Crippen LogP contribution in [-0.4, -0.2) is 83.0 Å². The zero-order chi connectivity index (χ0) is 15.4. The predicted octanol–water partition coefficient (Wildman–Crippen LogP) is -0.852. The average Bonchev–Trinajstić information content (AvgIpc) is 2.44. The number of piperidine rings is 1. The first-order valence-corrected chi connectivity index (χ1v) is 7.25. The molecule has 0 aromatic carbocycles. The van der Waals surface area contributed by atoms with Gasteiger partial charge in [-0.3, -0.25) is 14.5 Å². The maximum atomic E-state index is 12.4. The molecule has 2 fully saturated rings. The van der Waals surface area contributed by atoms with E-state index in [1.54, 1.807) is 4.90 Å². The third-order valence-corrected chi connectivity index (χ3v) is 4.05. The molecule has 1 atom stereocenters. The fraction of sp³-hybridized carbons (Fsp3) is 0.769. The van der Waals surface area contributed by atoms with Crippen LogP contribution in [0.2, 0.25) is 0 Å². The fourth-order valence-corrected chi connectivity index (χ4v) is 3.07. The number of nitrogens with zero attached hydrogens (tertiary/aromatic N) is 3. The van der Waals surface area contributed by atoms with Gasteiger partial charge in [0.15, 0.2) is 0 Å². The first-order chi connectivity index (χ1) is 9.97. The van der Waals surface area contributed by atoms with Crippen molar-refractivity contribution < 1.29 is 19.5 Å². The van der Waals surface area contributed by atoms with E-state index in [0.29, 0.717) is 19.1 Å². The Labute approximate surface area is 123 Å². The summed E-state index contributed by atoms with van der Waals surface area (Å²) >= 11 is 0. The van der Waals surface area contributed by atoms with Crippen molar-refractivity contribution in [1.82, 2.24) is 14.7 Å². The van der Waals surface area contributed by atoms with Gasteiger partial charge in [-0.1, -0.05) is 6.42 Å². The molecule has 118 valence electrons. The molecule has 1 unspecified atom stereocenters. The van der Waals surface area contributed by atoms with Gasteiger partial charge in [0.1, 0.15) is 13.1 Å². The van der Waals surface area contributed by atoms with Crippen LogP contribution in [0.1, 0.15) is 19.3 Å². The minimum atomic E-state index is -1.15. The third-order valence-electron chi connectivity index (χ3n) is 4.05. The molecule has 21 heavy (non-hydrogen) atoms. The molecular formula is C13H22N4O4. The highest BCUT2D eigenvalue weighted by molar-refractivity contribution is 5.86. The molecule has 2 aliphatic rings. The number of rotatable bonds is 4. The summed E-state index contributed by atoms with van der Waals surface area (Å²) in [6.07, 6.45) is 3.40. The second-order valence-corrected chi connectivity index (χ2v) is 5.63. The lowest BCUT2D eigenvalue weighted by Gasteiger charge is -2.44. The zero-order valence-electron chi connectivity index (χ0n) is 12.0. The molecule has 2 heterocycles. The van der Waals surface area contributed by atoms with E-state index in [1.165, 1.54) is 6.42 Å². The van der Waals surface area contributed by atoms with Gasteiger partial charge in [0.25, 0.3) is 0 Å². The summed E-state index contributed by atoms with van der Waals surface area (Å²) in [4.78, 5) is 39.3. The van der Waals surface area contributed by atoms with Crippen LogP contribution in [0.5, 0.6) is 0 Å². The highest BCUT2D eigenvalue weighted by Gasteiger charge is 2.33. The van der Waals surface area contributed by atoms with Crippen molar-refractivity contribution in [3.63, 3.8) is 0 Å². The fourth-order valence-electron chi connectivity index (χ4n) is 3.07. The third kappa shape index (κ3) is 4.07. The number of carbonyl (C=O) groups is 3. The van der Waals surface area contributed by atoms with Crippen molar-refractivity contribution in [3.05, 3.63) is 0 Å². The Morgan fingerprint density at radius 1 is 1.14 bits per heavy atom. The lowest BCUT2D eigenvalue weighted by atomic mass is 10.00. The van der Waals surface area contributed by atoms with E-state index in [-0.39, 0.29) is 6.54 Å². The van der Waals surface area contributed by atoms with Gasteiger partial charge in [0, 0.05) is 25.7 Å². The van der Waals surface area contributed by atoms with Crippen molar-refractivity contribution in [2.45, 2.75) is 25.3 Å². The van der Waals surface area contributed by atoms with Gasteiger partial charge >= 0.3 is 12.0 Å². The van der Waals surface area contributed by atoms with Crippen LogP contribution in [0.25, 0.3) is 0 Å². The van der Waals surface area contributed by atoms with Crippen LogP contribution >= 0.6 is 0 Å². The van der Waals surface area contributed by atoms with Crippen molar-refractivity contribution in [3.8, 4) is 0 Å². The zero-order valence-corrected chi connectivity index (χ0v) is 12.0. The molecule has 0 aliphatic carbocycles. The monoisotopic (exact) mass is 298 g/mol. The highest BCUT2D eigenvalue weighted by atomic mass is 16.4. The van der Waals surface area contributed by atoms with E-state index in [4.69, 9.17) is 10.8 Å². The Bertz CT molecular complexity index is 412. The number of nitrogens with two attached hydrogens (primary N) is 1. The summed E-state index contributed by atoms with van der Waals surface area (Å²) in [5.74, 6) is -1.86. The second kappa shape index (κ2) is 6.75. The van der Waals surface area contributed by atoms with E-state index in [1.807, 2.05) is 0 Å². The number of fused-ring (bicyclic) bond motifs is 1. The Balaban J connectivity index is 1.99. The number of amides is 3. The molecule has 0 saturated carbocycles. The van der Waals surface area contributed by atoms with Crippen LogP contribution < -0.4 is 5.73 Å². The number of aliphatic carboxylic acids is 1. The number of hydrogen-bond donors (Lipinski definition) is 2. The summed E-state index contributed by atoms with van der Waals surface area (Å²) < 4.78 is 0. The van der Waals surface area contributed by atoms with E-state index in [2.05, 4.69) is 4.90 Å². The molecule has 3 N–H and O–H groups in total. The van der Waals surface area contributed by atoms with Crippen molar-refractivity contribution >= 4 is 17.9 Å². The number of carboxylic acids is 1. The summed E-state index contributed by atoms with van der Waals surface area (Å²) in [5.41, 5.74) is 5.09. The van der Waals surface area contributed by atoms with E-state index in [0.717, 1.165) is 30.8 Å². The van der Waals surface area contributed by atoms with Gasteiger partial charge in [0.05, 0.1) is 0 Å². The molecule has 0 aromatic rings. The lowest BCUT2D eigenvalue weighted by Crippen LogP contribution is -2.59. The normalized spacial score (nSPS) is 22.5. The van der Waals surface area contributed by atoms with Crippen molar-refractivity contribution in [1.29, 1.82) is 0 Å². The number of carbonyl (C=O) groups excluding carboxylic acids is 2. The molecule has 0 spiro atoms. The van der Waals surface area contributed by atoms with E-state index < -0.39 is 24.5 Å². The van der Waals surface area contributed by atoms with Crippen LogP contribution in [0, 0.1) is 0 Å². The highest BCUT2D eigenvalue weighted by Crippen LogP contribution is 2.21. The number of primary amides is 1. The van der Waals surface area contributed by atoms with Crippen LogP contribution in [0.4, 0.5) is 4.79 Å².